The molecular formula is C27H43N3O4S. The first-order chi connectivity index (χ1) is 16.5. The van der Waals surface area contributed by atoms with Crippen molar-refractivity contribution in [1.82, 2.24) is 15.5 Å². The molecule has 35 heavy (non-hydrogen) atoms. The molecule has 1 aromatic carbocycles. The van der Waals surface area contributed by atoms with E-state index in [1.165, 1.54) is 6.42 Å². The highest BCUT2D eigenvalue weighted by atomic mass is 32.1. The van der Waals surface area contributed by atoms with Crippen molar-refractivity contribution in [2.24, 2.45) is 0 Å². The quantitative estimate of drug-likeness (QED) is 0.421. The maximum atomic E-state index is 13.8. The van der Waals surface area contributed by atoms with Crippen LogP contribution in [0.3, 0.4) is 0 Å². The minimum Gasteiger partial charge on any atom is -0.444 e. The summed E-state index contributed by atoms with van der Waals surface area (Å²) < 4.78 is 5.34. The molecule has 2 N–H and O–H groups in total. The van der Waals surface area contributed by atoms with E-state index in [1.807, 2.05) is 38.1 Å². The number of carbonyl (C=O) groups is 3. The number of thiol groups is 1. The molecule has 1 aliphatic carbocycles. The SMILES string of the molecule is CCc1ccc(C(C(=O)NC2CCCCC2)N(C(=O)C(CS)NC(=O)OC(C)(C)C)C(C)C)cc1. The molecule has 2 atom stereocenters. The molecule has 8 heteroatoms. The number of nitrogens with one attached hydrogen (secondary N) is 2. The summed E-state index contributed by atoms with van der Waals surface area (Å²) >= 11 is 4.33. The van der Waals surface area contributed by atoms with Gasteiger partial charge >= 0.3 is 6.09 Å². The molecule has 3 amide bonds. The van der Waals surface area contributed by atoms with Crippen LogP contribution >= 0.6 is 12.6 Å². The fraction of sp³-hybridized carbons (Fsp3) is 0.667. The van der Waals surface area contributed by atoms with Crippen LogP contribution in [0.2, 0.25) is 0 Å². The fourth-order valence-electron chi connectivity index (χ4n) is 4.40. The zero-order chi connectivity index (χ0) is 26.2. The standard InChI is InChI=1S/C27H43N3O4S/c1-7-19-13-15-20(16-14-19)23(24(31)28-21-11-9-8-10-12-21)30(18(2)3)25(32)22(17-35)29-26(33)34-27(4,5)6/h13-16,18,21-23,35H,7-12,17H2,1-6H3,(H,28,31)(H,29,33). The summed E-state index contributed by atoms with van der Waals surface area (Å²) in [6, 6.07) is 5.89. The molecule has 0 spiro atoms. The molecule has 0 heterocycles. The summed E-state index contributed by atoms with van der Waals surface area (Å²) in [5.74, 6) is -0.491. The van der Waals surface area contributed by atoms with Gasteiger partial charge in [-0.2, -0.15) is 12.6 Å². The smallest absolute Gasteiger partial charge is 0.408 e. The molecule has 1 aromatic rings. The molecule has 1 aliphatic rings. The van der Waals surface area contributed by atoms with Crippen molar-refractivity contribution in [3.05, 3.63) is 35.4 Å². The van der Waals surface area contributed by atoms with Gasteiger partial charge < -0.3 is 20.3 Å². The van der Waals surface area contributed by atoms with E-state index >= 15 is 0 Å². The number of nitrogens with zero attached hydrogens (tertiary/aromatic N) is 1. The third-order valence-electron chi connectivity index (χ3n) is 6.16. The third-order valence-corrected chi connectivity index (χ3v) is 6.53. The van der Waals surface area contributed by atoms with Crippen molar-refractivity contribution in [2.75, 3.05) is 5.75 Å². The molecule has 0 bridgehead atoms. The van der Waals surface area contributed by atoms with Crippen LogP contribution in [-0.4, -0.2) is 52.3 Å². The van der Waals surface area contributed by atoms with Crippen LogP contribution in [0.15, 0.2) is 24.3 Å². The van der Waals surface area contributed by atoms with Crippen LogP contribution in [0.25, 0.3) is 0 Å². The van der Waals surface area contributed by atoms with Crippen LogP contribution in [0.5, 0.6) is 0 Å². The van der Waals surface area contributed by atoms with E-state index in [0.29, 0.717) is 0 Å². The van der Waals surface area contributed by atoms with E-state index in [1.54, 1.807) is 25.7 Å². The predicted octanol–water partition coefficient (Wildman–Crippen LogP) is 4.80. The third kappa shape index (κ3) is 8.74. The molecule has 0 aliphatic heterocycles. The van der Waals surface area contributed by atoms with E-state index < -0.39 is 23.8 Å². The Kier molecular flexibility index (Phi) is 10.9. The molecular weight excluding hydrogens is 462 g/mol. The molecule has 0 radical (unpaired) electrons. The van der Waals surface area contributed by atoms with Crippen molar-refractivity contribution >= 4 is 30.5 Å². The Morgan fingerprint density at radius 2 is 1.69 bits per heavy atom. The van der Waals surface area contributed by atoms with Gasteiger partial charge in [0.25, 0.3) is 0 Å². The number of ether oxygens (including phenoxy) is 1. The van der Waals surface area contributed by atoms with Gasteiger partial charge in [-0.3, -0.25) is 9.59 Å². The highest BCUT2D eigenvalue weighted by Gasteiger charge is 2.38. The lowest BCUT2D eigenvalue weighted by Crippen LogP contribution is -2.56. The molecule has 2 rings (SSSR count). The molecule has 1 saturated carbocycles. The van der Waals surface area contributed by atoms with Gasteiger partial charge in [0, 0.05) is 17.8 Å². The highest BCUT2D eigenvalue weighted by molar-refractivity contribution is 7.80. The Bertz CT molecular complexity index is 845. The van der Waals surface area contributed by atoms with Crippen LogP contribution < -0.4 is 10.6 Å². The number of alkyl carbamates (subject to hydrolysis) is 1. The van der Waals surface area contributed by atoms with E-state index in [9.17, 15) is 14.4 Å². The maximum absolute atomic E-state index is 13.8. The monoisotopic (exact) mass is 505 g/mol. The normalized spacial score (nSPS) is 16.3. The predicted molar refractivity (Wildman–Crippen MR) is 143 cm³/mol. The largest absolute Gasteiger partial charge is 0.444 e. The number of hydrogen-bond acceptors (Lipinski definition) is 5. The lowest BCUT2D eigenvalue weighted by Gasteiger charge is -2.38. The number of benzene rings is 1. The minimum atomic E-state index is -0.935. The van der Waals surface area contributed by atoms with E-state index in [-0.39, 0.29) is 29.7 Å². The van der Waals surface area contributed by atoms with E-state index in [2.05, 4.69) is 30.2 Å². The Morgan fingerprint density at radius 3 is 2.17 bits per heavy atom. The molecule has 196 valence electrons. The van der Waals surface area contributed by atoms with Gasteiger partial charge in [0.05, 0.1) is 0 Å². The second-order valence-electron chi connectivity index (χ2n) is 10.6. The zero-order valence-electron chi connectivity index (χ0n) is 22.1. The first-order valence-corrected chi connectivity index (χ1v) is 13.4. The van der Waals surface area contributed by atoms with E-state index in [0.717, 1.165) is 43.2 Å². The van der Waals surface area contributed by atoms with Crippen LogP contribution in [0.4, 0.5) is 4.79 Å². The first kappa shape index (κ1) is 29.0. The van der Waals surface area contributed by atoms with Gasteiger partial charge in [-0.1, -0.05) is 50.5 Å². The van der Waals surface area contributed by atoms with Crippen LogP contribution in [0.1, 0.15) is 90.8 Å². The minimum absolute atomic E-state index is 0.0764. The number of rotatable bonds is 9. The van der Waals surface area contributed by atoms with Crippen molar-refractivity contribution in [1.29, 1.82) is 0 Å². The second kappa shape index (κ2) is 13.2. The molecule has 0 saturated heterocycles. The average Bonchev–Trinajstić information content (AvgIpc) is 2.79. The summed E-state index contributed by atoms with van der Waals surface area (Å²) in [7, 11) is 0. The topological polar surface area (TPSA) is 87.7 Å². The maximum Gasteiger partial charge on any atom is 0.408 e. The molecule has 7 nitrogen and oxygen atoms in total. The summed E-state index contributed by atoms with van der Waals surface area (Å²) in [6.45, 7) is 11.1. The highest BCUT2D eigenvalue weighted by Crippen LogP contribution is 2.27. The Morgan fingerprint density at radius 1 is 1.09 bits per heavy atom. The average molecular weight is 506 g/mol. The van der Waals surface area contributed by atoms with Gasteiger partial charge in [-0.15, -0.1) is 0 Å². The Balaban J connectivity index is 2.38. The number of aryl methyl sites for hydroxylation is 1. The second-order valence-corrected chi connectivity index (χ2v) is 10.9. The number of amides is 3. The lowest BCUT2D eigenvalue weighted by molar-refractivity contribution is -0.144. The van der Waals surface area contributed by atoms with Crippen molar-refractivity contribution in [3.8, 4) is 0 Å². The van der Waals surface area contributed by atoms with Gasteiger partial charge in [0.1, 0.15) is 17.7 Å². The van der Waals surface area contributed by atoms with E-state index in [4.69, 9.17) is 4.74 Å². The number of hydrogen-bond donors (Lipinski definition) is 3. The van der Waals surface area contributed by atoms with Gasteiger partial charge in [-0.25, -0.2) is 4.79 Å². The molecule has 1 fully saturated rings. The summed E-state index contributed by atoms with van der Waals surface area (Å²) in [5.41, 5.74) is 1.20. The lowest BCUT2D eigenvalue weighted by atomic mass is 9.94. The molecule has 2 unspecified atom stereocenters. The summed E-state index contributed by atoms with van der Waals surface area (Å²) in [6.07, 6.45) is 5.46. The van der Waals surface area contributed by atoms with Gasteiger partial charge in [-0.05, 0) is 65.0 Å². The van der Waals surface area contributed by atoms with Crippen LogP contribution in [0, 0.1) is 0 Å². The zero-order valence-corrected chi connectivity index (χ0v) is 23.0. The Hall–Kier alpha value is -2.22. The van der Waals surface area contributed by atoms with Crippen LogP contribution in [-0.2, 0) is 20.7 Å². The summed E-state index contributed by atoms with van der Waals surface area (Å²) in [4.78, 5) is 41.5. The van der Waals surface area contributed by atoms with Crippen molar-refractivity contribution in [3.63, 3.8) is 0 Å². The Labute approximate surface area is 216 Å². The molecule has 0 aromatic heterocycles. The van der Waals surface area contributed by atoms with Gasteiger partial charge in [0.2, 0.25) is 11.8 Å². The fourth-order valence-corrected chi connectivity index (χ4v) is 4.64. The van der Waals surface area contributed by atoms with Crippen molar-refractivity contribution < 1.29 is 19.1 Å². The van der Waals surface area contributed by atoms with Crippen molar-refractivity contribution in [2.45, 2.75) is 110 Å². The summed E-state index contributed by atoms with van der Waals surface area (Å²) in [5, 5.41) is 5.84. The number of carbonyl (C=O) groups excluding carboxylic acids is 3. The van der Waals surface area contributed by atoms with Gasteiger partial charge in [0.15, 0.2) is 0 Å². The first-order valence-electron chi connectivity index (χ1n) is 12.8.